The molecule has 2 aliphatic rings. The lowest BCUT2D eigenvalue weighted by Gasteiger charge is -2.13. The highest BCUT2D eigenvalue weighted by molar-refractivity contribution is 5.73. The molecule has 0 spiro atoms. The molecular weight excluding hydrogens is 328 g/mol. The molecule has 0 amide bonds. The third-order valence-electron chi connectivity index (χ3n) is 4.15. The lowest BCUT2D eigenvalue weighted by atomic mass is 10.2. The van der Waals surface area contributed by atoms with Gasteiger partial charge in [-0.15, -0.1) is 0 Å². The van der Waals surface area contributed by atoms with E-state index in [9.17, 15) is 9.90 Å². The second-order valence-electron chi connectivity index (χ2n) is 5.96. The number of rotatable bonds is 6. The van der Waals surface area contributed by atoms with Gasteiger partial charge in [0.2, 0.25) is 0 Å². The molecule has 2 aliphatic heterocycles. The number of hydrogen-bond donors (Lipinski definition) is 2. The summed E-state index contributed by atoms with van der Waals surface area (Å²) >= 11 is 0. The maximum absolute atomic E-state index is 10.4. The Morgan fingerprint density at radius 2 is 1.92 bits per heavy atom. The van der Waals surface area contributed by atoms with Crippen LogP contribution < -0.4 is 0 Å². The molecule has 25 heavy (non-hydrogen) atoms. The van der Waals surface area contributed by atoms with E-state index in [-0.39, 0.29) is 18.3 Å². The summed E-state index contributed by atoms with van der Waals surface area (Å²) in [4.78, 5) is 10.4. The van der Waals surface area contributed by atoms with E-state index in [1.165, 1.54) is 7.11 Å². The number of aliphatic hydroxyl groups excluding tert-OH is 1. The van der Waals surface area contributed by atoms with Crippen LogP contribution in [-0.4, -0.2) is 67.5 Å². The predicted molar refractivity (Wildman–Crippen MR) is 89.3 cm³/mol. The van der Waals surface area contributed by atoms with E-state index in [1.807, 2.05) is 30.3 Å². The summed E-state index contributed by atoms with van der Waals surface area (Å²) in [7, 11) is 1.50. The first-order valence-corrected chi connectivity index (χ1v) is 8.40. The van der Waals surface area contributed by atoms with Crippen molar-refractivity contribution in [1.29, 1.82) is 0 Å². The van der Waals surface area contributed by atoms with Gasteiger partial charge in [0, 0.05) is 20.1 Å². The molecule has 0 bridgehead atoms. The number of aliphatic hydroxyl groups is 1. The number of ether oxygens (including phenoxy) is 4. The van der Waals surface area contributed by atoms with E-state index >= 15 is 0 Å². The summed E-state index contributed by atoms with van der Waals surface area (Å²) in [6, 6.07) is 9.99. The van der Waals surface area contributed by atoms with Gasteiger partial charge < -0.3 is 29.2 Å². The summed E-state index contributed by atoms with van der Waals surface area (Å²) in [5.41, 5.74) is 1.14. The molecule has 3 rings (SSSR count). The van der Waals surface area contributed by atoms with Gasteiger partial charge in [0.25, 0.3) is 0 Å². The SMILES string of the molecule is CO[C@H]1CCO[C@H]1C(=O)O.O[C@H]1CCO[C@H]1COCc1ccccc1. The minimum absolute atomic E-state index is 0.145. The highest BCUT2D eigenvalue weighted by atomic mass is 16.6. The van der Waals surface area contributed by atoms with E-state index in [2.05, 4.69) is 0 Å². The Labute approximate surface area is 147 Å². The van der Waals surface area contributed by atoms with Crippen molar-refractivity contribution in [2.24, 2.45) is 0 Å². The Hall–Kier alpha value is -1.51. The standard InChI is InChI=1S/C12H16O3.C6H10O4/c13-11-6-7-15-12(11)9-14-8-10-4-2-1-3-5-10;1-9-4-2-3-10-5(4)6(7)8/h1-5,11-13H,6-9H2;4-5H,2-3H2,1H3,(H,7,8)/t11-,12-;4-,5+/m00/s1. The Bertz CT molecular complexity index is 507. The molecule has 2 saturated heterocycles. The van der Waals surface area contributed by atoms with Gasteiger partial charge in [-0.1, -0.05) is 30.3 Å². The molecule has 1 aromatic carbocycles. The normalized spacial score (nSPS) is 28.4. The molecule has 4 atom stereocenters. The molecule has 0 radical (unpaired) electrons. The number of carboxylic acid groups (broad SMARTS) is 1. The summed E-state index contributed by atoms with van der Waals surface area (Å²) in [5.74, 6) is -0.940. The number of hydrogen-bond acceptors (Lipinski definition) is 6. The van der Waals surface area contributed by atoms with Gasteiger partial charge in [-0.2, -0.15) is 0 Å². The molecule has 140 valence electrons. The lowest BCUT2D eigenvalue weighted by molar-refractivity contribution is -0.152. The molecule has 2 fully saturated rings. The predicted octanol–water partition coefficient (Wildman–Crippen LogP) is 1.23. The van der Waals surface area contributed by atoms with Crippen LogP contribution in [0.25, 0.3) is 0 Å². The molecule has 7 heteroatoms. The Morgan fingerprint density at radius 3 is 2.48 bits per heavy atom. The molecule has 7 nitrogen and oxygen atoms in total. The first-order chi connectivity index (χ1) is 12.1. The van der Waals surface area contributed by atoms with E-state index in [0.29, 0.717) is 32.8 Å². The number of methoxy groups -OCH3 is 1. The van der Waals surface area contributed by atoms with Gasteiger partial charge in [0.1, 0.15) is 6.10 Å². The van der Waals surface area contributed by atoms with Crippen molar-refractivity contribution in [3.8, 4) is 0 Å². The summed E-state index contributed by atoms with van der Waals surface area (Å²) in [6.45, 7) is 2.17. The van der Waals surface area contributed by atoms with E-state index < -0.39 is 12.1 Å². The zero-order valence-electron chi connectivity index (χ0n) is 14.4. The van der Waals surface area contributed by atoms with Crippen LogP contribution in [0.1, 0.15) is 18.4 Å². The second kappa shape index (κ2) is 10.5. The minimum atomic E-state index is -0.940. The maximum atomic E-state index is 10.4. The molecule has 2 N–H and O–H groups in total. The van der Waals surface area contributed by atoms with Gasteiger partial charge in [-0.25, -0.2) is 4.79 Å². The second-order valence-corrected chi connectivity index (χ2v) is 5.96. The van der Waals surface area contributed by atoms with Crippen molar-refractivity contribution in [1.82, 2.24) is 0 Å². The lowest BCUT2D eigenvalue weighted by Crippen LogP contribution is -2.31. The van der Waals surface area contributed by atoms with Crippen LogP contribution in [0.2, 0.25) is 0 Å². The van der Waals surface area contributed by atoms with Crippen molar-refractivity contribution < 1.29 is 34.0 Å². The fourth-order valence-corrected chi connectivity index (χ4v) is 2.71. The number of carboxylic acids is 1. The van der Waals surface area contributed by atoms with Crippen molar-refractivity contribution >= 4 is 5.97 Å². The van der Waals surface area contributed by atoms with E-state index in [0.717, 1.165) is 12.0 Å². The van der Waals surface area contributed by atoms with Crippen LogP contribution in [0.5, 0.6) is 0 Å². The Balaban J connectivity index is 0.000000196. The third-order valence-corrected chi connectivity index (χ3v) is 4.15. The summed E-state index contributed by atoms with van der Waals surface area (Å²) < 4.78 is 20.6. The van der Waals surface area contributed by atoms with Crippen LogP contribution in [0.15, 0.2) is 30.3 Å². The quantitative estimate of drug-likeness (QED) is 0.793. The zero-order valence-corrected chi connectivity index (χ0v) is 14.4. The fraction of sp³-hybridized carbons (Fsp3) is 0.611. The Morgan fingerprint density at radius 1 is 1.20 bits per heavy atom. The van der Waals surface area contributed by atoms with Crippen LogP contribution >= 0.6 is 0 Å². The van der Waals surface area contributed by atoms with Crippen LogP contribution in [0, 0.1) is 0 Å². The van der Waals surface area contributed by atoms with Crippen molar-refractivity contribution in [3.05, 3.63) is 35.9 Å². The zero-order chi connectivity index (χ0) is 18.1. The number of aliphatic carboxylic acids is 1. The topological polar surface area (TPSA) is 94.5 Å². The smallest absolute Gasteiger partial charge is 0.335 e. The first-order valence-electron chi connectivity index (χ1n) is 8.40. The summed E-state index contributed by atoms with van der Waals surface area (Å²) in [5, 5.41) is 18.0. The highest BCUT2D eigenvalue weighted by Crippen LogP contribution is 2.16. The van der Waals surface area contributed by atoms with Crippen LogP contribution in [-0.2, 0) is 30.3 Å². The van der Waals surface area contributed by atoms with Gasteiger partial charge in [-0.05, 0) is 12.0 Å². The first kappa shape index (κ1) is 19.8. The molecule has 2 heterocycles. The van der Waals surface area contributed by atoms with Gasteiger partial charge in [-0.3, -0.25) is 0 Å². The van der Waals surface area contributed by atoms with Gasteiger partial charge in [0.05, 0.1) is 32.0 Å². The monoisotopic (exact) mass is 354 g/mol. The van der Waals surface area contributed by atoms with Crippen molar-refractivity contribution in [3.63, 3.8) is 0 Å². The largest absolute Gasteiger partial charge is 0.479 e. The van der Waals surface area contributed by atoms with E-state index in [1.54, 1.807) is 0 Å². The average Bonchev–Trinajstić information content (AvgIpc) is 3.25. The number of carbonyl (C=O) groups is 1. The van der Waals surface area contributed by atoms with Gasteiger partial charge in [0.15, 0.2) is 6.10 Å². The molecule has 0 aliphatic carbocycles. The fourth-order valence-electron chi connectivity index (χ4n) is 2.71. The third kappa shape index (κ3) is 6.37. The molecule has 1 aromatic rings. The minimum Gasteiger partial charge on any atom is -0.479 e. The number of benzene rings is 1. The molecule has 0 aromatic heterocycles. The molecular formula is C18H26O7. The van der Waals surface area contributed by atoms with E-state index in [4.69, 9.17) is 24.1 Å². The molecule has 0 saturated carbocycles. The van der Waals surface area contributed by atoms with Crippen molar-refractivity contribution in [2.45, 2.75) is 43.9 Å². The van der Waals surface area contributed by atoms with Crippen LogP contribution in [0.3, 0.4) is 0 Å². The highest BCUT2D eigenvalue weighted by Gasteiger charge is 2.33. The average molecular weight is 354 g/mol. The van der Waals surface area contributed by atoms with Crippen LogP contribution in [0.4, 0.5) is 0 Å². The maximum Gasteiger partial charge on any atom is 0.335 e. The van der Waals surface area contributed by atoms with Crippen molar-refractivity contribution in [2.75, 3.05) is 26.9 Å². The molecule has 0 unspecified atom stereocenters. The van der Waals surface area contributed by atoms with Gasteiger partial charge >= 0.3 is 5.97 Å². The Kier molecular flexibility index (Phi) is 8.30. The summed E-state index contributed by atoms with van der Waals surface area (Å²) in [6.07, 6.45) is -0.135.